The average molecular weight is 394 g/mol. The van der Waals surface area contributed by atoms with Crippen molar-refractivity contribution >= 4 is 18.2 Å². The third kappa shape index (κ3) is 8.28. The van der Waals surface area contributed by atoms with Crippen LogP contribution in [0.3, 0.4) is 0 Å². The smallest absolute Gasteiger partial charge is 0.407 e. The minimum atomic E-state index is -1.27. The first-order valence-corrected chi connectivity index (χ1v) is 9.15. The highest BCUT2D eigenvalue weighted by molar-refractivity contribution is 5.74. The lowest BCUT2D eigenvalue weighted by Crippen LogP contribution is -2.61. The third-order valence-electron chi connectivity index (χ3n) is 3.99. The number of nitrogens with one attached hydrogen (secondary N) is 2. The summed E-state index contributed by atoms with van der Waals surface area (Å²) in [7, 11) is 0. The first-order chi connectivity index (χ1) is 12.9. The van der Waals surface area contributed by atoms with Crippen LogP contribution in [0.25, 0.3) is 0 Å². The average Bonchev–Trinajstić information content (AvgIpc) is 2.56. The Labute approximate surface area is 165 Å². The van der Waals surface area contributed by atoms with Gasteiger partial charge in [-0.05, 0) is 39.7 Å². The largest absolute Gasteiger partial charge is 0.481 e. The molecule has 2 amide bonds. The molecule has 1 aromatic rings. The number of alkyl carbamates (subject to hydrolysis) is 2. The molecule has 8 nitrogen and oxygen atoms in total. The number of rotatable bonds is 8. The van der Waals surface area contributed by atoms with E-state index in [-0.39, 0.29) is 6.61 Å². The molecule has 0 aliphatic carbocycles. The Morgan fingerprint density at radius 2 is 1.68 bits per heavy atom. The number of carbonyl (C=O) groups is 3. The van der Waals surface area contributed by atoms with Crippen LogP contribution in [0.5, 0.6) is 0 Å². The number of aliphatic carboxylic acids is 1. The van der Waals surface area contributed by atoms with Crippen LogP contribution in [0.2, 0.25) is 0 Å². The molecule has 8 heteroatoms. The van der Waals surface area contributed by atoms with E-state index in [0.717, 1.165) is 5.56 Å². The molecule has 156 valence electrons. The van der Waals surface area contributed by atoms with Gasteiger partial charge in [-0.3, -0.25) is 4.79 Å². The van der Waals surface area contributed by atoms with Crippen molar-refractivity contribution in [2.45, 2.75) is 71.2 Å². The molecule has 0 radical (unpaired) electrons. The van der Waals surface area contributed by atoms with E-state index in [1.807, 2.05) is 30.3 Å². The van der Waals surface area contributed by atoms with Gasteiger partial charge in [0, 0.05) is 0 Å². The van der Waals surface area contributed by atoms with Gasteiger partial charge < -0.3 is 25.2 Å². The molecule has 0 fully saturated rings. The second-order valence-electron chi connectivity index (χ2n) is 7.78. The molecule has 1 aromatic carbocycles. The molecule has 2 atom stereocenters. The van der Waals surface area contributed by atoms with Gasteiger partial charge in [0.15, 0.2) is 0 Å². The van der Waals surface area contributed by atoms with E-state index in [1.165, 1.54) is 0 Å². The van der Waals surface area contributed by atoms with Crippen LogP contribution in [-0.2, 0) is 20.9 Å². The van der Waals surface area contributed by atoms with Gasteiger partial charge in [-0.1, -0.05) is 37.3 Å². The lowest BCUT2D eigenvalue weighted by Gasteiger charge is -2.37. The van der Waals surface area contributed by atoms with E-state index in [9.17, 15) is 19.5 Å². The third-order valence-corrected chi connectivity index (χ3v) is 3.99. The van der Waals surface area contributed by atoms with Crippen molar-refractivity contribution in [1.29, 1.82) is 0 Å². The maximum atomic E-state index is 12.3. The first-order valence-electron chi connectivity index (χ1n) is 9.15. The summed E-state index contributed by atoms with van der Waals surface area (Å²) in [6.45, 7) is 8.55. The van der Waals surface area contributed by atoms with Gasteiger partial charge in [0.25, 0.3) is 0 Å². The monoisotopic (exact) mass is 394 g/mol. The molecule has 0 spiro atoms. The molecular formula is C20H30N2O6. The molecule has 0 aromatic heterocycles. The maximum absolute atomic E-state index is 12.3. The summed E-state index contributed by atoms with van der Waals surface area (Å²) in [5.74, 6) is -1.12. The summed E-state index contributed by atoms with van der Waals surface area (Å²) in [6, 6.07) is 8.43. The van der Waals surface area contributed by atoms with Crippen LogP contribution in [0, 0.1) is 0 Å². The van der Waals surface area contributed by atoms with E-state index in [4.69, 9.17) is 9.47 Å². The highest BCUT2D eigenvalue weighted by Crippen LogP contribution is 2.20. The van der Waals surface area contributed by atoms with E-state index >= 15 is 0 Å². The first kappa shape index (κ1) is 23.3. The van der Waals surface area contributed by atoms with Crippen molar-refractivity contribution in [2.75, 3.05) is 0 Å². The van der Waals surface area contributed by atoms with Crippen LogP contribution in [0.15, 0.2) is 30.3 Å². The molecule has 28 heavy (non-hydrogen) atoms. The Bertz CT molecular complexity index is 671. The molecule has 0 bridgehead atoms. The Morgan fingerprint density at radius 1 is 1.07 bits per heavy atom. The van der Waals surface area contributed by atoms with Gasteiger partial charge in [0.05, 0.1) is 18.0 Å². The Morgan fingerprint density at radius 3 is 2.18 bits per heavy atom. The van der Waals surface area contributed by atoms with Crippen molar-refractivity contribution in [3.63, 3.8) is 0 Å². The van der Waals surface area contributed by atoms with Crippen molar-refractivity contribution < 1.29 is 29.0 Å². The second-order valence-corrected chi connectivity index (χ2v) is 7.78. The SMILES string of the molecule is CCC(NC(=O)OC(C)(C)C)C(C)(CC(=O)O)NC(=O)OCc1ccccc1. The summed E-state index contributed by atoms with van der Waals surface area (Å²) in [4.78, 5) is 35.8. The molecule has 3 N–H and O–H groups in total. The van der Waals surface area contributed by atoms with Gasteiger partial charge in [-0.2, -0.15) is 0 Å². The van der Waals surface area contributed by atoms with E-state index < -0.39 is 41.8 Å². The van der Waals surface area contributed by atoms with Crippen LogP contribution in [-0.4, -0.2) is 40.4 Å². The van der Waals surface area contributed by atoms with Crippen molar-refractivity contribution in [3.8, 4) is 0 Å². The van der Waals surface area contributed by atoms with E-state index in [1.54, 1.807) is 34.6 Å². The highest BCUT2D eigenvalue weighted by Gasteiger charge is 2.39. The van der Waals surface area contributed by atoms with E-state index in [0.29, 0.717) is 6.42 Å². The summed E-state index contributed by atoms with van der Waals surface area (Å²) < 4.78 is 10.4. The standard InChI is InChI=1S/C20H30N2O6/c1-6-15(21-17(25)28-19(2,3)4)20(5,12-16(23)24)22-18(26)27-13-14-10-8-7-9-11-14/h7-11,15H,6,12-13H2,1-5H3,(H,21,25)(H,22,26)(H,23,24). The Hall–Kier alpha value is -2.77. The van der Waals surface area contributed by atoms with Crippen LogP contribution < -0.4 is 10.6 Å². The van der Waals surface area contributed by atoms with Crippen molar-refractivity contribution in [2.24, 2.45) is 0 Å². The number of carboxylic acid groups (broad SMARTS) is 1. The number of amides is 2. The number of carboxylic acids is 1. The fourth-order valence-electron chi connectivity index (χ4n) is 2.72. The number of carbonyl (C=O) groups excluding carboxylic acids is 2. The topological polar surface area (TPSA) is 114 Å². The molecule has 0 aliphatic rings. The highest BCUT2D eigenvalue weighted by atomic mass is 16.6. The van der Waals surface area contributed by atoms with Gasteiger partial charge in [0.1, 0.15) is 12.2 Å². The van der Waals surface area contributed by atoms with Crippen molar-refractivity contribution in [1.82, 2.24) is 10.6 Å². The summed E-state index contributed by atoms with van der Waals surface area (Å²) >= 11 is 0. The van der Waals surface area contributed by atoms with Crippen LogP contribution >= 0.6 is 0 Å². The minimum absolute atomic E-state index is 0.0477. The van der Waals surface area contributed by atoms with Gasteiger partial charge in [0.2, 0.25) is 0 Å². The number of hydrogen-bond donors (Lipinski definition) is 3. The zero-order valence-electron chi connectivity index (χ0n) is 17.1. The zero-order chi connectivity index (χ0) is 21.4. The summed E-state index contributed by atoms with van der Waals surface area (Å²) in [5.41, 5.74) is -1.17. The molecule has 0 saturated heterocycles. The Balaban J connectivity index is 2.84. The lowest BCUT2D eigenvalue weighted by molar-refractivity contribution is -0.138. The normalized spacial score (nSPS) is 14.3. The number of ether oxygens (including phenoxy) is 2. The van der Waals surface area contributed by atoms with Crippen molar-refractivity contribution in [3.05, 3.63) is 35.9 Å². The molecular weight excluding hydrogens is 364 g/mol. The fraction of sp³-hybridized carbons (Fsp3) is 0.550. The Kier molecular flexibility index (Phi) is 8.28. The van der Waals surface area contributed by atoms with Gasteiger partial charge >= 0.3 is 18.2 Å². The fourth-order valence-corrected chi connectivity index (χ4v) is 2.72. The van der Waals surface area contributed by atoms with Gasteiger partial charge in [-0.15, -0.1) is 0 Å². The predicted octanol–water partition coefficient (Wildman–Crippen LogP) is 3.45. The lowest BCUT2D eigenvalue weighted by atomic mass is 9.87. The molecule has 0 heterocycles. The predicted molar refractivity (Wildman–Crippen MR) is 104 cm³/mol. The summed E-state index contributed by atoms with van der Waals surface area (Å²) in [5, 5.41) is 14.6. The molecule has 0 saturated carbocycles. The maximum Gasteiger partial charge on any atom is 0.407 e. The summed E-state index contributed by atoms with van der Waals surface area (Å²) in [6.07, 6.45) is -1.48. The van der Waals surface area contributed by atoms with Crippen LogP contribution in [0.1, 0.15) is 53.0 Å². The van der Waals surface area contributed by atoms with Crippen LogP contribution in [0.4, 0.5) is 9.59 Å². The quantitative estimate of drug-likeness (QED) is 0.622. The second kappa shape index (κ2) is 9.96. The van der Waals surface area contributed by atoms with Gasteiger partial charge in [-0.25, -0.2) is 9.59 Å². The molecule has 2 unspecified atom stereocenters. The minimum Gasteiger partial charge on any atom is -0.481 e. The molecule has 1 rings (SSSR count). The zero-order valence-corrected chi connectivity index (χ0v) is 17.1. The number of hydrogen-bond acceptors (Lipinski definition) is 5. The van der Waals surface area contributed by atoms with E-state index in [2.05, 4.69) is 10.6 Å². The number of benzene rings is 1. The molecule has 0 aliphatic heterocycles.